The quantitative estimate of drug-likeness (QED) is 0.438. The van der Waals surface area contributed by atoms with E-state index in [1.807, 2.05) is 35.2 Å². The van der Waals surface area contributed by atoms with Gasteiger partial charge in [0, 0.05) is 48.3 Å². The summed E-state index contributed by atoms with van der Waals surface area (Å²) in [6.45, 7) is 0.679. The molecule has 0 spiro atoms. The average Bonchev–Trinajstić information content (AvgIpc) is 3.35. The van der Waals surface area contributed by atoms with Crippen LogP contribution in [0.25, 0.3) is 11.3 Å². The lowest BCUT2D eigenvalue weighted by Gasteiger charge is -2.24. The number of amides is 1. The fraction of sp³-hybridized carbons (Fsp3) is 0.200. The first kappa shape index (κ1) is 21.2. The van der Waals surface area contributed by atoms with E-state index in [1.54, 1.807) is 37.1 Å². The van der Waals surface area contributed by atoms with Crippen LogP contribution in [-0.2, 0) is 6.42 Å². The van der Waals surface area contributed by atoms with Crippen LogP contribution in [0.4, 0.5) is 0 Å². The Morgan fingerprint density at radius 2 is 1.91 bits per heavy atom. The van der Waals surface area contributed by atoms with Gasteiger partial charge in [0.1, 0.15) is 6.33 Å². The van der Waals surface area contributed by atoms with E-state index in [0.717, 1.165) is 41.1 Å². The maximum absolute atomic E-state index is 13.3. The highest BCUT2D eigenvalue weighted by atomic mass is 35.5. The smallest absolute Gasteiger partial charge is 0.255 e. The summed E-state index contributed by atoms with van der Waals surface area (Å²) in [6.07, 6.45) is 12.4. The Morgan fingerprint density at radius 1 is 1.03 bits per heavy atom. The van der Waals surface area contributed by atoms with Gasteiger partial charge in [0.05, 0.1) is 34.9 Å². The number of hydrogen-bond acceptors (Lipinski definition) is 6. The van der Waals surface area contributed by atoms with Crippen molar-refractivity contribution in [3.63, 3.8) is 0 Å². The zero-order chi connectivity index (χ0) is 22.6. The number of aromatic nitrogens is 5. The second-order valence-electron chi connectivity index (χ2n) is 7.96. The summed E-state index contributed by atoms with van der Waals surface area (Å²) in [7, 11) is 0. The fourth-order valence-corrected chi connectivity index (χ4v) is 4.34. The molecule has 0 bridgehead atoms. The van der Waals surface area contributed by atoms with E-state index in [2.05, 4.69) is 19.9 Å². The minimum atomic E-state index is -0.105. The maximum Gasteiger partial charge on any atom is 0.255 e. The van der Waals surface area contributed by atoms with Crippen molar-refractivity contribution in [3.05, 3.63) is 101 Å². The summed E-state index contributed by atoms with van der Waals surface area (Å²) in [5, 5.41) is 0.698. The third-order valence-corrected chi connectivity index (χ3v) is 5.93. The van der Waals surface area contributed by atoms with E-state index >= 15 is 0 Å². The molecule has 4 heterocycles. The van der Waals surface area contributed by atoms with Crippen LogP contribution in [0.1, 0.15) is 46.2 Å². The summed E-state index contributed by atoms with van der Waals surface area (Å²) in [4.78, 5) is 36.9. The number of nitrogens with zero attached hydrogens (tertiary/aromatic N) is 6. The molecule has 1 unspecified atom stereocenters. The minimum absolute atomic E-state index is 0.0529. The van der Waals surface area contributed by atoms with Crippen LogP contribution in [0, 0.1) is 0 Å². The lowest BCUT2D eigenvalue weighted by molar-refractivity contribution is 0.0732. The van der Waals surface area contributed by atoms with Gasteiger partial charge in [0.15, 0.2) is 0 Å². The molecule has 3 aromatic heterocycles. The molecule has 1 amide bonds. The number of benzene rings is 1. The van der Waals surface area contributed by atoms with Gasteiger partial charge in [-0.15, -0.1) is 0 Å². The molecule has 1 fully saturated rings. The number of hydrogen-bond donors (Lipinski definition) is 0. The van der Waals surface area contributed by atoms with Crippen molar-refractivity contribution in [1.82, 2.24) is 29.8 Å². The van der Waals surface area contributed by atoms with Crippen molar-refractivity contribution in [2.45, 2.75) is 25.3 Å². The molecule has 1 aliphatic heterocycles. The molecular formula is C25H21ClN6O. The zero-order valence-corrected chi connectivity index (χ0v) is 18.6. The van der Waals surface area contributed by atoms with Crippen molar-refractivity contribution in [1.29, 1.82) is 0 Å². The van der Waals surface area contributed by atoms with E-state index in [9.17, 15) is 4.79 Å². The second-order valence-corrected chi connectivity index (χ2v) is 8.39. The monoisotopic (exact) mass is 456 g/mol. The minimum Gasteiger partial charge on any atom is -0.330 e. The lowest BCUT2D eigenvalue weighted by atomic mass is 10.1. The third kappa shape index (κ3) is 4.73. The van der Waals surface area contributed by atoms with Crippen LogP contribution in [0.3, 0.4) is 0 Å². The van der Waals surface area contributed by atoms with Gasteiger partial charge in [0.25, 0.3) is 5.91 Å². The SMILES string of the molecule is O=C(c1ccc(-c2cncnc2)nc1)N1CCCC1c1cncc(Cc2cccc(Cl)c2)n1. The first-order chi connectivity index (χ1) is 16.2. The van der Waals surface area contributed by atoms with Crippen molar-refractivity contribution < 1.29 is 4.79 Å². The Morgan fingerprint density at radius 3 is 2.70 bits per heavy atom. The topological polar surface area (TPSA) is 84.8 Å². The molecule has 1 atom stereocenters. The van der Waals surface area contributed by atoms with Crippen molar-refractivity contribution in [2.24, 2.45) is 0 Å². The van der Waals surface area contributed by atoms with Crippen LogP contribution in [0.5, 0.6) is 0 Å². The molecule has 1 aromatic carbocycles. The number of carbonyl (C=O) groups is 1. The summed E-state index contributed by atoms with van der Waals surface area (Å²) < 4.78 is 0. The van der Waals surface area contributed by atoms with E-state index in [0.29, 0.717) is 23.6 Å². The Labute approximate surface area is 196 Å². The normalized spacial score (nSPS) is 15.5. The van der Waals surface area contributed by atoms with Crippen LogP contribution >= 0.6 is 11.6 Å². The largest absolute Gasteiger partial charge is 0.330 e. The highest BCUT2D eigenvalue weighted by Crippen LogP contribution is 2.32. The first-order valence-corrected chi connectivity index (χ1v) is 11.1. The lowest BCUT2D eigenvalue weighted by Crippen LogP contribution is -2.31. The Hall–Kier alpha value is -3.71. The summed E-state index contributed by atoms with van der Waals surface area (Å²) in [6, 6.07) is 11.2. The molecule has 0 saturated carbocycles. The third-order valence-electron chi connectivity index (χ3n) is 5.70. The Balaban J connectivity index is 1.34. The summed E-state index contributed by atoms with van der Waals surface area (Å²) in [5.41, 5.74) is 4.82. The number of pyridine rings is 1. The molecule has 1 saturated heterocycles. The van der Waals surface area contributed by atoms with E-state index in [4.69, 9.17) is 16.6 Å². The molecule has 0 N–H and O–H groups in total. The Bertz CT molecular complexity index is 1270. The summed E-state index contributed by atoms with van der Waals surface area (Å²) >= 11 is 6.11. The summed E-state index contributed by atoms with van der Waals surface area (Å²) in [5.74, 6) is -0.0529. The maximum atomic E-state index is 13.3. The van der Waals surface area contributed by atoms with E-state index in [1.165, 1.54) is 6.33 Å². The van der Waals surface area contributed by atoms with Gasteiger partial charge in [-0.1, -0.05) is 23.7 Å². The van der Waals surface area contributed by atoms with Crippen LogP contribution < -0.4 is 0 Å². The number of likely N-dealkylation sites (tertiary alicyclic amines) is 1. The fourth-order valence-electron chi connectivity index (χ4n) is 4.13. The molecule has 8 heteroatoms. The standard InChI is InChI=1S/C25H21ClN6O/c26-20-4-1-3-17(9-20)10-21-14-27-15-23(31-21)24-5-2-8-32(24)25(33)18-6-7-22(30-13-18)19-11-28-16-29-12-19/h1,3-4,6-7,9,11-16,24H,2,5,8,10H2. The van der Waals surface area contributed by atoms with Crippen LogP contribution in [-0.4, -0.2) is 42.3 Å². The molecule has 1 aliphatic rings. The van der Waals surface area contributed by atoms with Gasteiger partial charge < -0.3 is 4.90 Å². The predicted molar refractivity (Wildman–Crippen MR) is 125 cm³/mol. The molecule has 0 aliphatic carbocycles. The zero-order valence-electron chi connectivity index (χ0n) is 17.8. The van der Waals surface area contributed by atoms with Crippen molar-refractivity contribution in [2.75, 3.05) is 6.54 Å². The van der Waals surface area contributed by atoms with Crippen LogP contribution in [0.15, 0.2) is 73.7 Å². The molecule has 5 rings (SSSR count). The second kappa shape index (κ2) is 9.42. The van der Waals surface area contributed by atoms with Gasteiger partial charge in [-0.05, 0) is 42.7 Å². The molecule has 4 aromatic rings. The number of carbonyl (C=O) groups excluding carboxylic acids is 1. The van der Waals surface area contributed by atoms with Crippen LogP contribution in [0.2, 0.25) is 5.02 Å². The average molecular weight is 457 g/mol. The van der Waals surface area contributed by atoms with Crippen molar-refractivity contribution >= 4 is 17.5 Å². The van der Waals surface area contributed by atoms with E-state index in [-0.39, 0.29) is 11.9 Å². The van der Waals surface area contributed by atoms with Crippen molar-refractivity contribution in [3.8, 4) is 11.3 Å². The van der Waals surface area contributed by atoms with Gasteiger partial charge in [0.2, 0.25) is 0 Å². The Kier molecular flexibility index (Phi) is 6.04. The van der Waals surface area contributed by atoms with Gasteiger partial charge in [-0.2, -0.15) is 0 Å². The number of rotatable bonds is 5. The molecule has 164 valence electrons. The molecule has 7 nitrogen and oxygen atoms in total. The van der Waals surface area contributed by atoms with E-state index < -0.39 is 0 Å². The van der Waals surface area contributed by atoms with Gasteiger partial charge >= 0.3 is 0 Å². The molecule has 0 radical (unpaired) electrons. The molecule has 33 heavy (non-hydrogen) atoms. The number of halogens is 1. The predicted octanol–water partition coefficient (Wildman–Crippen LogP) is 4.55. The van der Waals surface area contributed by atoms with Gasteiger partial charge in [-0.3, -0.25) is 19.7 Å². The van der Waals surface area contributed by atoms with Gasteiger partial charge in [-0.25, -0.2) is 9.97 Å². The first-order valence-electron chi connectivity index (χ1n) is 10.7. The molecular weight excluding hydrogens is 436 g/mol. The highest BCUT2D eigenvalue weighted by Gasteiger charge is 2.32. The highest BCUT2D eigenvalue weighted by molar-refractivity contribution is 6.30.